The summed E-state index contributed by atoms with van der Waals surface area (Å²) in [6.07, 6.45) is 0. The molecule has 0 saturated heterocycles. The Labute approximate surface area is 134 Å². The van der Waals surface area contributed by atoms with Crippen LogP contribution >= 0.6 is 22.9 Å². The zero-order valence-electron chi connectivity index (χ0n) is 12.3. The molecule has 0 aliphatic rings. The van der Waals surface area contributed by atoms with Crippen LogP contribution in [0.5, 0.6) is 0 Å². The zero-order valence-corrected chi connectivity index (χ0v) is 13.9. The van der Waals surface area contributed by atoms with Crippen LogP contribution in [0, 0.1) is 0 Å². The van der Waals surface area contributed by atoms with E-state index in [4.69, 9.17) is 16.3 Å². The third-order valence-electron chi connectivity index (χ3n) is 3.16. The first-order valence-electron chi connectivity index (χ1n) is 6.77. The van der Waals surface area contributed by atoms with Crippen LogP contribution in [0.2, 0.25) is 5.02 Å². The minimum absolute atomic E-state index is 0.700. The predicted molar refractivity (Wildman–Crippen MR) is 89.3 cm³/mol. The molecule has 2 rings (SSSR count). The number of ether oxygens (including phenoxy) is 1. The van der Waals surface area contributed by atoms with E-state index in [1.165, 1.54) is 0 Å². The number of rotatable bonds is 8. The van der Waals surface area contributed by atoms with Gasteiger partial charge in [-0.1, -0.05) is 17.7 Å². The highest BCUT2D eigenvalue weighted by molar-refractivity contribution is 7.07. The number of aromatic nitrogens is 1. The summed E-state index contributed by atoms with van der Waals surface area (Å²) in [7, 11) is 3.74. The van der Waals surface area contributed by atoms with Crippen molar-refractivity contribution in [3.05, 3.63) is 45.4 Å². The molecule has 0 spiro atoms. The monoisotopic (exact) mass is 325 g/mol. The van der Waals surface area contributed by atoms with Crippen LogP contribution in [0.1, 0.15) is 11.3 Å². The Balaban J connectivity index is 1.94. The predicted octanol–water partition coefficient (Wildman–Crippen LogP) is 3.17. The van der Waals surface area contributed by atoms with Crippen LogP contribution in [0.15, 0.2) is 29.1 Å². The zero-order chi connectivity index (χ0) is 15.1. The van der Waals surface area contributed by atoms with Gasteiger partial charge in [-0.15, -0.1) is 11.3 Å². The summed E-state index contributed by atoms with van der Waals surface area (Å²) in [6.45, 7) is 3.05. The lowest BCUT2D eigenvalue weighted by Crippen LogP contribution is -2.19. The molecule has 0 radical (unpaired) electrons. The number of hydrogen-bond acceptors (Lipinski definition) is 5. The molecule has 1 N–H and O–H groups in total. The van der Waals surface area contributed by atoms with Gasteiger partial charge >= 0.3 is 0 Å². The average molecular weight is 326 g/mol. The van der Waals surface area contributed by atoms with Crippen LogP contribution in [-0.4, -0.2) is 32.3 Å². The first-order chi connectivity index (χ1) is 10.2. The molecule has 0 bridgehead atoms. The summed E-state index contributed by atoms with van der Waals surface area (Å²) in [6, 6.07) is 6.15. The van der Waals surface area contributed by atoms with Crippen LogP contribution in [-0.2, 0) is 17.8 Å². The summed E-state index contributed by atoms with van der Waals surface area (Å²) in [4.78, 5) is 6.44. The molecule has 1 heterocycles. The third kappa shape index (κ3) is 4.97. The minimum atomic E-state index is 0.700. The third-order valence-corrected chi connectivity index (χ3v) is 4.15. The Morgan fingerprint density at radius 2 is 2.29 bits per heavy atom. The summed E-state index contributed by atoms with van der Waals surface area (Å²) in [5.41, 5.74) is 5.11. The fraction of sp³-hybridized carbons (Fsp3) is 0.400. The van der Waals surface area contributed by atoms with Crippen molar-refractivity contribution >= 4 is 28.6 Å². The molecule has 0 atom stereocenters. The van der Waals surface area contributed by atoms with E-state index in [2.05, 4.69) is 32.7 Å². The molecule has 1 aromatic carbocycles. The number of anilines is 1. The second-order valence-corrected chi connectivity index (χ2v) is 5.91. The maximum absolute atomic E-state index is 6.36. The second-order valence-electron chi connectivity index (χ2n) is 4.78. The van der Waals surface area contributed by atoms with Crippen molar-refractivity contribution in [2.45, 2.75) is 13.1 Å². The molecule has 1 aromatic heterocycles. The number of nitrogens with zero attached hydrogens (tertiary/aromatic N) is 2. The summed E-state index contributed by atoms with van der Waals surface area (Å²) < 4.78 is 5.00. The van der Waals surface area contributed by atoms with Crippen molar-refractivity contribution in [3.8, 4) is 0 Å². The van der Waals surface area contributed by atoms with Crippen molar-refractivity contribution in [2.24, 2.45) is 0 Å². The lowest BCUT2D eigenvalue weighted by Gasteiger charge is -2.19. The van der Waals surface area contributed by atoms with E-state index < -0.39 is 0 Å². The highest BCUT2D eigenvalue weighted by Gasteiger charge is 2.07. The molecule has 0 unspecified atom stereocenters. The molecule has 6 heteroatoms. The van der Waals surface area contributed by atoms with Crippen LogP contribution in [0.4, 0.5) is 5.69 Å². The molecule has 0 amide bonds. The van der Waals surface area contributed by atoms with Crippen LogP contribution in [0.25, 0.3) is 0 Å². The number of thiazole rings is 1. The van der Waals surface area contributed by atoms with Crippen molar-refractivity contribution in [3.63, 3.8) is 0 Å². The fourth-order valence-electron chi connectivity index (χ4n) is 1.96. The summed E-state index contributed by atoms with van der Waals surface area (Å²) >= 11 is 7.97. The fourth-order valence-corrected chi connectivity index (χ4v) is 2.76. The quantitative estimate of drug-likeness (QED) is 0.756. The van der Waals surface area contributed by atoms with E-state index in [1.54, 1.807) is 18.4 Å². The van der Waals surface area contributed by atoms with Gasteiger partial charge in [0, 0.05) is 43.3 Å². The largest absolute Gasteiger partial charge is 0.383 e. The van der Waals surface area contributed by atoms with Crippen LogP contribution in [0.3, 0.4) is 0 Å². The van der Waals surface area contributed by atoms with Crippen molar-refractivity contribution < 1.29 is 4.74 Å². The Morgan fingerprint density at radius 3 is 2.95 bits per heavy atom. The van der Waals surface area contributed by atoms with Crippen molar-refractivity contribution in [2.75, 3.05) is 32.2 Å². The molecule has 0 fully saturated rings. The lowest BCUT2D eigenvalue weighted by molar-refractivity contribution is 0.199. The van der Waals surface area contributed by atoms with E-state index in [9.17, 15) is 0 Å². The van der Waals surface area contributed by atoms with E-state index >= 15 is 0 Å². The van der Waals surface area contributed by atoms with Gasteiger partial charge in [0.05, 0.1) is 24.4 Å². The van der Waals surface area contributed by atoms with E-state index in [0.717, 1.165) is 41.6 Å². The molecule has 114 valence electrons. The van der Waals surface area contributed by atoms with E-state index in [1.807, 2.05) is 18.6 Å². The van der Waals surface area contributed by atoms with Gasteiger partial charge in [0.25, 0.3) is 0 Å². The highest BCUT2D eigenvalue weighted by Crippen LogP contribution is 2.24. The van der Waals surface area contributed by atoms with Crippen LogP contribution < -0.4 is 10.2 Å². The van der Waals surface area contributed by atoms with Gasteiger partial charge < -0.3 is 15.0 Å². The lowest BCUT2D eigenvalue weighted by atomic mass is 10.2. The average Bonchev–Trinajstić information content (AvgIpc) is 2.97. The van der Waals surface area contributed by atoms with Gasteiger partial charge in [0.2, 0.25) is 0 Å². The topological polar surface area (TPSA) is 37.4 Å². The number of hydrogen-bond donors (Lipinski definition) is 1. The highest BCUT2D eigenvalue weighted by atomic mass is 35.5. The minimum Gasteiger partial charge on any atom is -0.383 e. The van der Waals surface area contributed by atoms with Gasteiger partial charge in [-0.05, 0) is 17.7 Å². The van der Waals surface area contributed by atoms with E-state index in [0.29, 0.717) is 6.61 Å². The molecule has 2 aromatic rings. The Kier molecular flexibility index (Phi) is 6.45. The standard InChI is InChI=1S/C15H20ClN3OS/c1-19(9-13-10-21-11-18-13)14-4-3-12(15(16)7-14)8-17-5-6-20-2/h3-4,7,10-11,17H,5-6,8-9H2,1-2H3. The number of nitrogens with one attached hydrogen (secondary N) is 1. The molecule has 0 saturated carbocycles. The Hall–Kier alpha value is -1.14. The second kappa shape index (κ2) is 8.34. The molecule has 0 aliphatic heterocycles. The molecular formula is C15H20ClN3OS. The normalized spacial score (nSPS) is 10.8. The number of benzene rings is 1. The Bertz CT molecular complexity index is 548. The maximum Gasteiger partial charge on any atom is 0.0795 e. The van der Waals surface area contributed by atoms with Gasteiger partial charge in [-0.25, -0.2) is 4.98 Å². The first kappa shape index (κ1) is 16.2. The summed E-state index contributed by atoms with van der Waals surface area (Å²) in [5.74, 6) is 0. The molecule has 0 aliphatic carbocycles. The first-order valence-corrected chi connectivity index (χ1v) is 8.09. The van der Waals surface area contributed by atoms with Gasteiger partial charge in [0.15, 0.2) is 0 Å². The number of halogens is 1. The number of methoxy groups -OCH3 is 1. The van der Waals surface area contributed by atoms with Crippen molar-refractivity contribution in [1.82, 2.24) is 10.3 Å². The molecule has 21 heavy (non-hydrogen) atoms. The van der Waals surface area contributed by atoms with Gasteiger partial charge in [-0.3, -0.25) is 0 Å². The van der Waals surface area contributed by atoms with E-state index in [-0.39, 0.29) is 0 Å². The smallest absolute Gasteiger partial charge is 0.0795 e. The molecular weight excluding hydrogens is 306 g/mol. The molecule has 4 nitrogen and oxygen atoms in total. The van der Waals surface area contributed by atoms with Gasteiger partial charge in [0.1, 0.15) is 0 Å². The van der Waals surface area contributed by atoms with Crippen molar-refractivity contribution in [1.29, 1.82) is 0 Å². The Morgan fingerprint density at radius 1 is 1.43 bits per heavy atom. The maximum atomic E-state index is 6.36. The summed E-state index contributed by atoms with van der Waals surface area (Å²) in [5, 5.41) is 6.14. The van der Waals surface area contributed by atoms with Gasteiger partial charge in [-0.2, -0.15) is 0 Å². The SMILES string of the molecule is COCCNCc1ccc(N(C)Cc2cscn2)cc1Cl.